The Hall–Kier alpha value is -1.98. The number of thiophene rings is 1. The van der Waals surface area contributed by atoms with Gasteiger partial charge in [0.15, 0.2) is 11.5 Å². The third-order valence-corrected chi connectivity index (χ3v) is 5.80. The number of rotatable bonds is 5. The van der Waals surface area contributed by atoms with E-state index in [0.29, 0.717) is 23.1 Å². The zero-order valence-corrected chi connectivity index (χ0v) is 16.7. The van der Waals surface area contributed by atoms with Crippen LogP contribution in [-0.4, -0.2) is 31.1 Å². The molecular formula is C20H22ClNO3S. The Kier molecular flexibility index (Phi) is 5.89. The van der Waals surface area contributed by atoms with Crippen molar-refractivity contribution in [3.63, 3.8) is 0 Å². The summed E-state index contributed by atoms with van der Waals surface area (Å²) in [6.45, 7) is 5.21. The second-order valence-electron chi connectivity index (χ2n) is 6.06. The summed E-state index contributed by atoms with van der Waals surface area (Å²) in [5.41, 5.74) is 2.05. The number of hydrogen-bond donors (Lipinski definition) is 0. The van der Waals surface area contributed by atoms with Crippen LogP contribution in [0, 0.1) is 0 Å². The first-order chi connectivity index (χ1) is 12.5. The maximum Gasteiger partial charge on any atom is 0.247 e. The van der Waals surface area contributed by atoms with E-state index >= 15 is 0 Å². The van der Waals surface area contributed by atoms with E-state index in [4.69, 9.17) is 21.1 Å². The monoisotopic (exact) mass is 391 g/mol. The summed E-state index contributed by atoms with van der Waals surface area (Å²) >= 11 is 8.06. The van der Waals surface area contributed by atoms with E-state index in [1.165, 1.54) is 10.4 Å². The van der Waals surface area contributed by atoms with Gasteiger partial charge in [-0.15, -0.1) is 11.3 Å². The molecule has 2 heterocycles. The van der Waals surface area contributed by atoms with E-state index < -0.39 is 0 Å². The highest BCUT2D eigenvalue weighted by Crippen LogP contribution is 2.37. The zero-order chi connectivity index (χ0) is 18.7. The van der Waals surface area contributed by atoms with Crippen LogP contribution in [0.3, 0.4) is 0 Å². The van der Waals surface area contributed by atoms with Gasteiger partial charge in [-0.05, 0) is 61.1 Å². The van der Waals surface area contributed by atoms with Crippen LogP contribution in [0.15, 0.2) is 29.7 Å². The maximum absolute atomic E-state index is 12.7. The number of nitrogens with zero attached hydrogens (tertiary/aromatic N) is 1. The molecule has 0 unspecified atom stereocenters. The summed E-state index contributed by atoms with van der Waals surface area (Å²) in [6.07, 6.45) is 4.28. The van der Waals surface area contributed by atoms with E-state index in [0.717, 1.165) is 18.5 Å². The number of carbonyl (C=O) groups excluding carboxylic acids is 1. The van der Waals surface area contributed by atoms with Gasteiger partial charge in [0, 0.05) is 17.5 Å². The van der Waals surface area contributed by atoms with Gasteiger partial charge in [-0.3, -0.25) is 4.79 Å². The van der Waals surface area contributed by atoms with Gasteiger partial charge in [-0.25, -0.2) is 0 Å². The highest BCUT2D eigenvalue weighted by atomic mass is 35.5. The first kappa shape index (κ1) is 18.8. The predicted molar refractivity (Wildman–Crippen MR) is 106 cm³/mol. The molecule has 0 radical (unpaired) electrons. The number of methoxy groups -OCH3 is 1. The average molecular weight is 392 g/mol. The van der Waals surface area contributed by atoms with E-state index in [1.807, 2.05) is 17.9 Å². The van der Waals surface area contributed by atoms with Gasteiger partial charge in [-0.1, -0.05) is 11.6 Å². The van der Waals surface area contributed by atoms with Crippen LogP contribution in [0.1, 0.15) is 35.9 Å². The van der Waals surface area contributed by atoms with Crippen molar-refractivity contribution in [3.05, 3.63) is 50.7 Å². The minimum Gasteiger partial charge on any atom is -0.493 e. The average Bonchev–Trinajstić information content (AvgIpc) is 3.11. The molecule has 1 amide bonds. The highest BCUT2D eigenvalue weighted by Gasteiger charge is 2.27. The smallest absolute Gasteiger partial charge is 0.247 e. The molecule has 0 saturated carbocycles. The van der Waals surface area contributed by atoms with Crippen molar-refractivity contribution in [1.82, 2.24) is 4.90 Å². The van der Waals surface area contributed by atoms with E-state index in [-0.39, 0.29) is 11.9 Å². The lowest BCUT2D eigenvalue weighted by Gasteiger charge is -2.32. The fraction of sp³-hybridized carbons (Fsp3) is 0.350. The lowest BCUT2D eigenvalue weighted by atomic mass is 10.0. The molecule has 1 aromatic heterocycles. The molecule has 1 aliphatic heterocycles. The molecule has 138 valence electrons. The Labute approximate surface area is 163 Å². The Morgan fingerprint density at radius 1 is 1.46 bits per heavy atom. The topological polar surface area (TPSA) is 38.8 Å². The van der Waals surface area contributed by atoms with E-state index in [1.54, 1.807) is 36.7 Å². The summed E-state index contributed by atoms with van der Waals surface area (Å²) in [4.78, 5) is 16.0. The van der Waals surface area contributed by atoms with Crippen LogP contribution in [0.4, 0.5) is 0 Å². The van der Waals surface area contributed by atoms with Crippen molar-refractivity contribution < 1.29 is 14.3 Å². The van der Waals surface area contributed by atoms with E-state index in [9.17, 15) is 4.79 Å². The number of carbonyl (C=O) groups is 1. The molecule has 6 heteroatoms. The normalized spacial score (nSPS) is 16.6. The van der Waals surface area contributed by atoms with Gasteiger partial charge < -0.3 is 14.4 Å². The molecular weight excluding hydrogens is 370 g/mol. The molecule has 0 spiro atoms. The van der Waals surface area contributed by atoms with Gasteiger partial charge in [-0.2, -0.15) is 0 Å². The molecule has 0 aliphatic carbocycles. The third-order valence-electron chi connectivity index (χ3n) is 4.52. The third kappa shape index (κ3) is 3.74. The molecule has 0 fully saturated rings. The Morgan fingerprint density at radius 2 is 2.27 bits per heavy atom. The van der Waals surface area contributed by atoms with Crippen LogP contribution < -0.4 is 9.47 Å². The lowest BCUT2D eigenvalue weighted by Crippen LogP contribution is -2.37. The second-order valence-corrected chi connectivity index (χ2v) is 7.47. The second kappa shape index (κ2) is 8.14. The molecule has 2 aromatic rings. The fourth-order valence-corrected chi connectivity index (χ4v) is 4.43. The molecule has 0 bridgehead atoms. The SMILES string of the molecule is CCOc1c(Cl)cc(/C=C/C(=O)N2CCc3sccc3[C@H]2C)cc1OC. The van der Waals surface area contributed by atoms with Crippen molar-refractivity contribution in [2.45, 2.75) is 26.3 Å². The van der Waals surface area contributed by atoms with Gasteiger partial charge in [0.1, 0.15) is 0 Å². The summed E-state index contributed by atoms with van der Waals surface area (Å²) in [6, 6.07) is 5.80. The van der Waals surface area contributed by atoms with Crippen molar-refractivity contribution in [2.24, 2.45) is 0 Å². The van der Waals surface area contributed by atoms with Gasteiger partial charge >= 0.3 is 0 Å². The zero-order valence-electron chi connectivity index (χ0n) is 15.1. The Morgan fingerprint density at radius 3 is 3.00 bits per heavy atom. The molecule has 3 rings (SSSR count). The summed E-state index contributed by atoms with van der Waals surface area (Å²) in [5.74, 6) is 1.08. The van der Waals surface area contributed by atoms with Crippen LogP contribution >= 0.6 is 22.9 Å². The Balaban J connectivity index is 1.77. The summed E-state index contributed by atoms with van der Waals surface area (Å²) < 4.78 is 10.9. The quantitative estimate of drug-likeness (QED) is 0.675. The van der Waals surface area contributed by atoms with Crippen molar-refractivity contribution in [1.29, 1.82) is 0 Å². The van der Waals surface area contributed by atoms with Crippen LogP contribution in [0.2, 0.25) is 5.02 Å². The Bertz CT molecular complexity index is 830. The standard InChI is InChI=1S/C20H22ClNO3S/c1-4-25-20-16(21)11-14(12-17(20)24-3)5-6-19(23)22-9-7-18-15(13(22)2)8-10-26-18/h5-6,8,10-13H,4,7,9H2,1-3H3/b6-5+/t13-/m1/s1. The summed E-state index contributed by atoms with van der Waals surface area (Å²) in [5, 5.41) is 2.56. The molecule has 0 N–H and O–H groups in total. The lowest BCUT2D eigenvalue weighted by molar-refractivity contribution is -0.128. The number of fused-ring (bicyclic) bond motifs is 1. The molecule has 1 aliphatic rings. The minimum absolute atomic E-state index is 0.00155. The van der Waals surface area contributed by atoms with Gasteiger partial charge in [0.05, 0.1) is 24.8 Å². The van der Waals surface area contributed by atoms with Crippen LogP contribution in [0.5, 0.6) is 11.5 Å². The molecule has 4 nitrogen and oxygen atoms in total. The number of hydrogen-bond acceptors (Lipinski definition) is 4. The van der Waals surface area contributed by atoms with Crippen LogP contribution in [0.25, 0.3) is 6.08 Å². The molecule has 26 heavy (non-hydrogen) atoms. The molecule has 1 atom stereocenters. The minimum atomic E-state index is -0.00155. The number of amides is 1. The largest absolute Gasteiger partial charge is 0.493 e. The number of ether oxygens (including phenoxy) is 2. The summed E-state index contributed by atoms with van der Waals surface area (Å²) in [7, 11) is 1.57. The fourth-order valence-electron chi connectivity index (χ4n) is 3.19. The van der Waals surface area contributed by atoms with Crippen molar-refractivity contribution in [2.75, 3.05) is 20.3 Å². The molecule has 0 saturated heterocycles. The number of benzene rings is 1. The maximum atomic E-state index is 12.7. The van der Waals surface area contributed by atoms with Crippen LogP contribution in [-0.2, 0) is 11.2 Å². The van der Waals surface area contributed by atoms with E-state index in [2.05, 4.69) is 18.4 Å². The highest BCUT2D eigenvalue weighted by molar-refractivity contribution is 7.10. The van der Waals surface area contributed by atoms with Gasteiger partial charge in [0.2, 0.25) is 5.91 Å². The predicted octanol–water partition coefficient (Wildman–Crippen LogP) is 4.97. The first-order valence-electron chi connectivity index (χ1n) is 8.60. The van der Waals surface area contributed by atoms with Gasteiger partial charge in [0.25, 0.3) is 0 Å². The van der Waals surface area contributed by atoms with Crippen molar-refractivity contribution >= 4 is 34.9 Å². The molecule has 1 aromatic carbocycles. The first-order valence-corrected chi connectivity index (χ1v) is 9.86. The number of halogens is 1. The van der Waals surface area contributed by atoms with Crippen molar-refractivity contribution in [3.8, 4) is 11.5 Å².